The molecule has 146 valence electrons. The minimum absolute atomic E-state index is 0.00996. The van der Waals surface area contributed by atoms with E-state index < -0.39 is 29.9 Å². The number of likely N-dealkylation sites (tertiary alicyclic amines) is 1. The lowest BCUT2D eigenvalue weighted by Gasteiger charge is -2.17. The van der Waals surface area contributed by atoms with Gasteiger partial charge in [-0.1, -0.05) is 12.1 Å². The van der Waals surface area contributed by atoms with Crippen molar-refractivity contribution < 1.29 is 22.7 Å². The van der Waals surface area contributed by atoms with Gasteiger partial charge in [0.15, 0.2) is 0 Å². The Bertz CT molecular complexity index is 977. The van der Waals surface area contributed by atoms with Crippen LogP contribution in [0.15, 0.2) is 42.5 Å². The van der Waals surface area contributed by atoms with Crippen molar-refractivity contribution in [3.63, 3.8) is 0 Å². The van der Waals surface area contributed by atoms with Crippen LogP contribution in [0.4, 0.5) is 23.7 Å². The molecule has 0 unspecified atom stereocenters. The van der Waals surface area contributed by atoms with Gasteiger partial charge in [0.05, 0.1) is 29.8 Å². The maximum Gasteiger partial charge on any atom is 0.322 e. The molecule has 0 bridgehead atoms. The molecule has 0 saturated carbocycles. The monoisotopic (exact) mass is 390 g/mol. The summed E-state index contributed by atoms with van der Waals surface area (Å²) in [6.45, 7) is -0.0999. The van der Waals surface area contributed by atoms with E-state index in [1.165, 1.54) is 4.90 Å². The second-order valence-electron chi connectivity index (χ2n) is 6.53. The highest BCUT2D eigenvalue weighted by molar-refractivity contribution is 5.89. The van der Waals surface area contributed by atoms with Crippen LogP contribution in [0.5, 0.6) is 0 Å². The maximum atomic E-state index is 14.3. The van der Waals surface area contributed by atoms with E-state index in [1.54, 1.807) is 0 Å². The number of amides is 2. The number of rotatable bonds is 4. The van der Waals surface area contributed by atoms with E-state index in [-0.39, 0.29) is 25.4 Å². The van der Waals surface area contributed by atoms with Crippen LogP contribution in [0.3, 0.4) is 0 Å². The summed E-state index contributed by atoms with van der Waals surface area (Å²) in [5, 5.41) is 2.32. The van der Waals surface area contributed by atoms with Crippen LogP contribution in [0, 0.1) is 11.6 Å². The van der Waals surface area contributed by atoms with E-state index in [0.29, 0.717) is 11.9 Å². The number of alkyl halides is 1. The van der Waals surface area contributed by atoms with Gasteiger partial charge in [0.2, 0.25) is 0 Å². The third kappa shape index (κ3) is 3.79. The molecule has 1 aliphatic heterocycles. The molecule has 2 atom stereocenters. The number of nitrogens with one attached hydrogen (secondary N) is 2. The number of imidazole rings is 1. The minimum atomic E-state index is -1.38. The predicted molar refractivity (Wildman–Crippen MR) is 96.5 cm³/mol. The number of aromatic nitrogens is 2. The van der Waals surface area contributed by atoms with Gasteiger partial charge in [0.25, 0.3) is 0 Å². The van der Waals surface area contributed by atoms with Crippen molar-refractivity contribution in [2.75, 3.05) is 18.4 Å². The summed E-state index contributed by atoms with van der Waals surface area (Å²) in [6, 6.07) is 9.59. The maximum absolute atomic E-state index is 14.3. The molecule has 4 rings (SSSR count). The van der Waals surface area contributed by atoms with Crippen molar-refractivity contribution in [3.05, 3.63) is 59.9 Å². The number of nitrogens with zero attached hydrogens (tertiary/aromatic N) is 2. The number of benzene rings is 2. The Kier molecular flexibility index (Phi) is 4.91. The molecular weight excluding hydrogens is 373 g/mol. The third-order valence-electron chi connectivity index (χ3n) is 4.53. The smallest absolute Gasteiger partial charge is 0.322 e. The van der Waals surface area contributed by atoms with Crippen molar-refractivity contribution in [2.24, 2.45) is 0 Å². The molecule has 2 amide bonds. The number of fused-ring (bicyclic) bond motifs is 1. The Labute approximate surface area is 158 Å². The molecule has 28 heavy (non-hydrogen) atoms. The van der Waals surface area contributed by atoms with Gasteiger partial charge in [-0.15, -0.1) is 0 Å². The van der Waals surface area contributed by atoms with Gasteiger partial charge in [-0.2, -0.15) is 0 Å². The van der Waals surface area contributed by atoms with Gasteiger partial charge >= 0.3 is 6.03 Å². The van der Waals surface area contributed by atoms with E-state index in [1.807, 2.05) is 24.3 Å². The Morgan fingerprint density at radius 1 is 1.25 bits per heavy atom. The Morgan fingerprint density at radius 3 is 2.86 bits per heavy atom. The fourth-order valence-electron chi connectivity index (χ4n) is 3.10. The lowest BCUT2D eigenvalue weighted by atomic mass is 10.3. The number of urea groups is 1. The second-order valence-corrected chi connectivity index (χ2v) is 6.53. The number of carbonyl (C=O) groups is 1. The summed E-state index contributed by atoms with van der Waals surface area (Å²) in [5.41, 5.74) is 1.46. The van der Waals surface area contributed by atoms with Crippen LogP contribution in [0.1, 0.15) is 5.82 Å². The molecule has 1 aliphatic rings. The number of aromatic amines is 1. The summed E-state index contributed by atoms with van der Waals surface area (Å²) in [5.74, 6) is -1.09. The molecule has 0 aliphatic carbocycles. The van der Waals surface area contributed by atoms with Crippen molar-refractivity contribution in [1.29, 1.82) is 0 Å². The van der Waals surface area contributed by atoms with Crippen LogP contribution < -0.4 is 5.32 Å². The number of hydrogen-bond donors (Lipinski definition) is 2. The van der Waals surface area contributed by atoms with Crippen LogP contribution in [-0.2, 0) is 11.3 Å². The first kappa shape index (κ1) is 18.3. The van der Waals surface area contributed by atoms with Crippen molar-refractivity contribution in [3.8, 4) is 0 Å². The van der Waals surface area contributed by atoms with Gasteiger partial charge in [-0.3, -0.25) is 0 Å². The highest BCUT2D eigenvalue weighted by Gasteiger charge is 2.36. The average Bonchev–Trinajstić information content (AvgIpc) is 3.25. The fourth-order valence-corrected chi connectivity index (χ4v) is 3.10. The van der Waals surface area contributed by atoms with Crippen molar-refractivity contribution >= 4 is 22.8 Å². The number of para-hydroxylation sites is 2. The summed E-state index contributed by atoms with van der Waals surface area (Å²) >= 11 is 0. The van der Waals surface area contributed by atoms with Gasteiger partial charge in [-0.25, -0.2) is 22.9 Å². The highest BCUT2D eigenvalue weighted by Crippen LogP contribution is 2.21. The van der Waals surface area contributed by atoms with Gasteiger partial charge in [0, 0.05) is 6.07 Å². The van der Waals surface area contributed by atoms with E-state index in [2.05, 4.69) is 15.3 Å². The average molecular weight is 390 g/mol. The second kappa shape index (κ2) is 7.51. The Morgan fingerprint density at radius 2 is 2.07 bits per heavy atom. The molecule has 2 heterocycles. The molecule has 1 saturated heterocycles. The van der Waals surface area contributed by atoms with E-state index in [4.69, 9.17) is 4.74 Å². The number of halogens is 3. The van der Waals surface area contributed by atoms with Crippen LogP contribution >= 0.6 is 0 Å². The predicted octanol–water partition coefficient (Wildman–Crippen LogP) is 3.61. The normalized spacial score (nSPS) is 19.3. The lowest BCUT2D eigenvalue weighted by molar-refractivity contribution is 0.00961. The Balaban J connectivity index is 1.35. The zero-order valence-corrected chi connectivity index (χ0v) is 14.7. The number of ether oxygens (including phenoxy) is 1. The molecule has 1 fully saturated rings. The Hall–Kier alpha value is -3.07. The lowest BCUT2D eigenvalue weighted by Crippen LogP contribution is -2.34. The number of carbonyl (C=O) groups excluding carboxylic acids is 1. The summed E-state index contributed by atoms with van der Waals surface area (Å²) in [4.78, 5) is 20.9. The van der Waals surface area contributed by atoms with E-state index in [9.17, 15) is 18.0 Å². The van der Waals surface area contributed by atoms with E-state index >= 15 is 0 Å². The van der Waals surface area contributed by atoms with Gasteiger partial charge < -0.3 is 19.9 Å². The molecular formula is C19H17F3N4O2. The highest BCUT2D eigenvalue weighted by atomic mass is 19.1. The quantitative estimate of drug-likeness (QED) is 0.715. The van der Waals surface area contributed by atoms with Crippen LogP contribution in [0.25, 0.3) is 11.0 Å². The zero-order chi connectivity index (χ0) is 19.7. The molecule has 1 aromatic heterocycles. The number of anilines is 1. The van der Waals surface area contributed by atoms with Crippen molar-refractivity contribution in [2.45, 2.75) is 18.9 Å². The zero-order valence-electron chi connectivity index (χ0n) is 14.7. The molecule has 2 aromatic carbocycles. The number of hydrogen-bond acceptors (Lipinski definition) is 3. The summed E-state index contributed by atoms with van der Waals surface area (Å²) < 4.78 is 46.5. The van der Waals surface area contributed by atoms with Crippen LogP contribution in [0.2, 0.25) is 0 Å². The van der Waals surface area contributed by atoms with Crippen molar-refractivity contribution in [1.82, 2.24) is 14.9 Å². The molecule has 6 nitrogen and oxygen atoms in total. The largest absolute Gasteiger partial charge is 0.365 e. The first-order valence-corrected chi connectivity index (χ1v) is 8.70. The third-order valence-corrected chi connectivity index (χ3v) is 4.53. The van der Waals surface area contributed by atoms with Gasteiger partial charge in [-0.05, 0) is 24.3 Å². The van der Waals surface area contributed by atoms with Gasteiger partial charge in [0.1, 0.15) is 36.3 Å². The molecule has 9 heteroatoms. The minimum Gasteiger partial charge on any atom is -0.365 e. The SMILES string of the molecule is O=C(Nc1ccc(F)cc1F)N1C[C@@H](F)[C@@H](OCc2nc3ccccc3[nH]2)C1. The summed E-state index contributed by atoms with van der Waals surface area (Å²) in [6.07, 6.45) is -2.20. The molecule has 0 radical (unpaired) electrons. The first-order valence-electron chi connectivity index (χ1n) is 8.70. The molecule has 0 spiro atoms. The topological polar surface area (TPSA) is 70.2 Å². The molecule has 2 N–H and O–H groups in total. The molecule has 3 aromatic rings. The van der Waals surface area contributed by atoms with E-state index in [0.717, 1.165) is 23.2 Å². The standard InChI is InChI=1S/C19H17F3N4O2/c20-11-5-6-14(12(21)7-11)25-19(27)26-8-13(22)17(9-26)28-10-18-23-15-3-1-2-4-16(15)24-18/h1-7,13,17H,8-10H2,(H,23,24)(H,25,27)/t13-,17+/m1/s1. The summed E-state index contributed by atoms with van der Waals surface area (Å²) in [7, 11) is 0. The number of H-pyrrole nitrogens is 1. The van der Waals surface area contributed by atoms with Crippen LogP contribution in [-0.4, -0.2) is 46.3 Å². The fraction of sp³-hybridized carbons (Fsp3) is 0.263. The first-order chi connectivity index (χ1) is 13.5.